The third-order valence-corrected chi connectivity index (χ3v) is 6.24. The molecule has 2 aliphatic heterocycles. The maximum absolute atomic E-state index is 13.4. The molecule has 4 rings (SSSR count). The summed E-state index contributed by atoms with van der Waals surface area (Å²) < 4.78 is 0. The Morgan fingerprint density at radius 3 is 2.74 bits per heavy atom. The number of carbonyl (C=O) groups is 2. The van der Waals surface area contributed by atoms with Gasteiger partial charge in [0, 0.05) is 36.7 Å². The average molecular weight is 310 g/mol. The molecule has 0 aromatic heterocycles. The van der Waals surface area contributed by atoms with Crippen LogP contribution in [0.5, 0.6) is 0 Å². The summed E-state index contributed by atoms with van der Waals surface area (Å²) in [5.41, 5.74) is 0.831. The Labute approximate surface area is 136 Å². The molecule has 0 unspecified atom stereocenters. The molecule has 4 heteroatoms. The number of rotatable bonds is 3. The molecule has 1 aliphatic carbocycles. The van der Waals surface area contributed by atoms with Gasteiger partial charge >= 0.3 is 0 Å². The van der Waals surface area contributed by atoms with Crippen LogP contribution in [0.25, 0.3) is 0 Å². The van der Waals surface area contributed by atoms with Crippen molar-refractivity contribution >= 4 is 17.5 Å². The van der Waals surface area contributed by atoms with E-state index in [1.165, 1.54) is 0 Å². The van der Waals surface area contributed by atoms with Crippen LogP contribution in [-0.4, -0.2) is 36.3 Å². The molecule has 3 atom stereocenters. The summed E-state index contributed by atoms with van der Waals surface area (Å²) in [6.07, 6.45) is 2.64. The molecule has 4 nitrogen and oxygen atoms in total. The van der Waals surface area contributed by atoms with Crippen LogP contribution in [0.15, 0.2) is 36.9 Å². The molecule has 1 saturated heterocycles. The van der Waals surface area contributed by atoms with Gasteiger partial charge in [0.15, 0.2) is 0 Å². The number of nitrogens with zero attached hydrogens (tertiary/aromatic N) is 2. The molecule has 2 heterocycles. The molecule has 3 aliphatic rings. The number of para-hydroxylation sites is 1. The maximum atomic E-state index is 13.4. The van der Waals surface area contributed by atoms with E-state index in [0.717, 1.165) is 17.7 Å². The predicted octanol–water partition coefficient (Wildman–Crippen LogP) is 2.35. The highest BCUT2D eigenvalue weighted by molar-refractivity contribution is 6.18. The number of amides is 2. The summed E-state index contributed by atoms with van der Waals surface area (Å²) in [6, 6.07) is 8.07. The molecule has 0 N–H and O–H groups in total. The van der Waals surface area contributed by atoms with Crippen LogP contribution < -0.4 is 4.90 Å². The van der Waals surface area contributed by atoms with Gasteiger partial charge in [-0.2, -0.15) is 0 Å². The van der Waals surface area contributed by atoms with E-state index < -0.39 is 5.41 Å². The Kier molecular flexibility index (Phi) is 2.81. The summed E-state index contributed by atoms with van der Waals surface area (Å²) in [5.74, 6) is 0.109. The van der Waals surface area contributed by atoms with Gasteiger partial charge in [-0.25, -0.2) is 0 Å². The summed E-state index contributed by atoms with van der Waals surface area (Å²) in [6.45, 7) is 9.61. The lowest BCUT2D eigenvalue weighted by Gasteiger charge is -2.61. The average Bonchev–Trinajstić information content (AvgIpc) is 2.75. The Balaban J connectivity index is 1.92. The monoisotopic (exact) mass is 310 g/mol. The van der Waals surface area contributed by atoms with Gasteiger partial charge in [-0.3, -0.25) is 9.59 Å². The van der Waals surface area contributed by atoms with Crippen molar-refractivity contribution in [1.29, 1.82) is 0 Å². The highest BCUT2D eigenvalue weighted by atomic mass is 16.2. The zero-order valence-corrected chi connectivity index (χ0v) is 13.7. The second-order valence-electron chi connectivity index (χ2n) is 7.11. The van der Waals surface area contributed by atoms with Crippen LogP contribution in [-0.2, 0) is 15.0 Å². The van der Waals surface area contributed by atoms with Crippen LogP contribution >= 0.6 is 0 Å². The van der Waals surface area contributed by atoms with E-state index in [2.05, 4.69) is 19.6 Å². The van der Waals surface area contributed by atoms with Crippen LogP contribution in [0.4, 0.5) is 5.69 Å². The largest absolute Gasteiger partial charge is 0.338 e. The van der Waals surface area contributed by atoms with Gasteiger partial charge < -0.3 is 9.80 Å². The second-order valence-corrected chi connectivity index (χ2v) is 7.11. The molecule has 0 radical (unpaired) electrons. The Bertz CT molecular complexity index is 728. The first-order chi connectivity index (χ1) is 11.0. The van der Waals surface area contributed by atoms with E-state index in [1.807, 2.05) is 30.0 Å². The molecular formula is C19H22N2O2. The van der Waals surface area contributed by atoms with Crippen molar-refractivity contribution in [1.82, 2.24) is 4.90 Å². The van der Waals surface area contributed by atoms with E-state index >= 15 is 0 Å². The van der Waals surface area contributed by atoms with Crippen molar-refractivity contribution in [2.24, 2.45) is 11.3 Å². The quantitative estimate of drug-likeness (QED) is 0.635. The fourth-order valence-corrected chi connectivity index (χ4v) is 5.29. The van der Waals surface area contributed by atoms with E-state index in [9.17, 15) is 9.59 Å². The summed E-state index contributed by atoms with van der Waals surface area (Å²) >= 11 is 0. The minimum atomic E-state index is -0.902. The maximum Gasteiger partial charge on any atom is 0.243 e. The Morgan fingerprint density at radius 1 is 1.30 bits per heavy atom. The van der Waals surface area contributed by atoms with Gasteiger partial charge in [0.05, 0.1) is 0 Å². The minimum Gasteiger partial charge on any atom is -0.338 e. The van der Waals surface area contributed by atoms with Crippen molar-refractivity contribution < 1.29 is 9.59 Å². The molecule has 2 fully saturated rings. The number of carbonyl (C=O) groups excluding carboxylic acids is 2. The minimum absolute atomic E-state index is 0.00546. The molecule has 1 aromatic rings. The summed E-state index contributed by atoms with van der Waals surface area (Å²) in [5, 5.41) is 0. The van der Waals surface area contributed by atoms with Gasteiger partial charge in [0.2, 0.25) is 11.8 Å². The van der Waals surface area contributed by atoms with Gasteiger partial charge in [0.25, 0.3) is 0 Å². The van der Waals surface area contributed by atoms with Crippen molar-refractivity contribution in [2.45, 2.75) is 25.7 Å². The number of benzene rings is 1. The number of likely N-dealkylation sites (tertiary alicyclic amines) is 1. The first kappa shape index (κ1) is 14.5. The zero-order valence-electron chi connectivity index (χ0n) is 13.7. The van der Waals surface area contributed by atoms with E-state index in [-0.39, 0.29) is 23.1 Å². The lowest BCUT2D eigenvalue weighted by Crippen LogP contribution is -2.71. The fraction of sp³-hybridized carbons (Fsp3) is 0.474. The van der Waals surface area contributed by atoms with Crippen LogP contribution in [0.1, 0.15) is 25.8 Å². The SMILES string of the molecule is C=CCN1C[C@H]2C[C@]3(C)c4ccccc4N(CC)C(=O)[C@]23C1=O. The smallest absolute Gasteiger partial charge is 0.243 e. The molecule has 0 bridgehead atoms. The normalized spacial score (nSPS) is 34.6. The van der Waals surface area contributed by atoms with Crippen molar-refractivity contribution in [3.63, 3.8) is 0 Å². The Hall–Kier alpha value is -2.10. The molecule has 23 heavy (non-hydrogen) atoms. The number of hydrogen-bond donors (Lipinski definition) is 0. The molecule has 120 valence electrons. The molecule has 1 aromatic carbocycles. The zero-order chi connectivity index (χ0) is 16.4. The highest BCUT2D eigenvalue weighted by Gasteiger charge is 2.78. The lowest BCUT2D eigenvalue weighted by atomic mass is 9.41. The van der Waals surface area contributed by atoms with Crippen LogP contribution in [0, 0.1) is 11.3 Å². The van der Waals surface area contributed by atoms with Crippen molar-refractivity contribution in [3.8, 4) is 0 Å². The van der Waals surface area contributed by atoms with Crippen molar-refractivity contribution in [3.05, 3.63) is 42.5 Å². The van der Waals surface area contributed by atoms with Gasteiger partial charge in [0.1, 0.15) is 5.41 Å². The highest BCUT2D eigenvalue weighted by Crippen LogP contribution is 2.69. The number of anilines is 1. The van der Waals surface area contributed by atoms with E-state index in [0.29, 0.717) is 19.6 Å². The van der Waals surface area contributed by atoms with Gasteiger partial charge in [-0.1, -0.05) is 31.2 Å². The topological polar surface area (TPSA) is 40.6 Å². The molecular weight excluding hydrogens is 288 g/mol. The summed E-state index contributed by atoms with van der Waals surface area (Å²) in [4.78, 5) is 30.2. The predicted molar refractivity (Wildman–Crippen MR) is 89.1 cm³/mol. The van der Waals surface area contributed by atoms with E-state index in [4.69, 9.17) is 0 Å². The van der Waals surface area contributed by atoms with Crippen LogP contribution in [0.3, 0.4) is 0 Å². The first-order valence-corrected chi connectivity index (χ1v) is 8.34. The lowest BCUT2D eigenvalue weighted by molar-refractivity contribution is -0.162. The van der Waals surface area contributed by atoms with Crippen LogP contribution in [0.2, 0.25) is 0 Å². The fourth-order valence-electron chi connectivity index (χ4n) is 5.29. The third kappa shape index (κ3) is 1.38. The van der Waals surface area contributed by atoms with Gasteiger partial charge in [-0.05, 0) is 25.0 Å². The summed E-state index contributed by atoms with van der Waals surface area (Å²) in [7, 11) is 0. The van der Waals surface area contributed by atoms with E-state index in [1.54, 1.807) is 11.0 Å². The number of fused-ring (bicyclic) bond motifs is 2. The standard InChI is InChI=1S/C19H22N2O2/c1-4-10-20-12-13-11-18(3)14-8-6-7-9-15(14)21(5-2)17(23)19(13,18)16(20)22/h4,6-9,13H,1,5,10-12H2,2-3H3/t13-,18-,19-/m1/s1. The molecule has 2 amide bonds. The van der Waals surface area contributed by atoms with Gasteiger partial charge in [-0.15, -0.1) is 6.58 Å². The third-order valence-electron chi connectivity index (χ3n) is 6.24. The van der Waals surface area contributed by atoms with Crippen molar-refractivity contribution in [2.75, 3.05) is 24.5 Å². The molecule has 1 spiro atoms. The Morgan fingerprint density at radius 2 is 2.04 bits per heavy atom. The molecule has 1 saturated carbocycles. The second kappa shape index (κ2) is 4.47. The first-order valence-electron chi connectivity index (χ1n) is 8.34. The number of hydrogen-bond acceptors (Lipinski definition) is 2.